The first-order valence-electron chi connectivity index (χ1n) is 8.04. The lowest BCUT2D eigenvalue weighted by molar-refractivity contribution is -0.182. The molecule has 134 valence electrons. The van der Waals surface area contributed by atoms with Gasteiger partial charge in [-0.2, -0.15) is 13.2 Å². The van der Waals surface area contributed by atoms with Crippen molar-refractivity contribution in [1.29, 1.82) is 0 Å². The average Bonchev–Trinajstić information content (AvgIpc) is 2.56. The van der Waals surface area contributed by atoms with Crippen molar-refractivity contribution in [2.45, 2.75) is 37.9 Å². The molecule has 0 heterocycles. The van der Waals surface area contributed by atoms with Gasteiger partial charge in [0.1, 0.15) is 0 Å². The van der Waals surface area contributed by atoms with E-state index < -0.39 is 18.1 Å². The van der Waals surface area contributed by atoms with E-state index in [2.05, 4.69) is 27.9 Å². The molecule has 0 spiro atoms. The Bertz CT molecular complexity index is 799. The molecule has 0 saturated heterocycles. The predicted octanol–water partition coefficient (Wildman–Crippen LogP) is 5.68. The maximum Gasteiger partial charge on any atom is 0.391 e. The van der Waals surface area contributed by atoms with E-state index in [1.807, 2.05) is 12.1 Å². The van der Waals surface area contributed by atoms with Crippen LogP contribution < -0.4 is 5.32 Å². The molecule has 1 aliphatic rings. The number of alkyl halides is 3. The Labute approximate surface area is 156 Å². The zero-order valence-corrected chi connectivity index (χ0v) is 15.4. The van der Waals surface area contributed by atoms with Gasteiger partial charge in [0, 0.05) is 15.3 Å². The number of hydrogen-bond acceptors (Lipinski definition) is 2. The monoisotopic (exact) mass is 463 g/mol. The lowest BCUT2D eigenvalue weighted by Crippen LogP contribution is -2.32. The molecule has 1 aliphatic carbocycles. The number of benzene rings is 2. The molecule has 0 radical (unpaired) electrons. The Morgan fingerprint density at radius 1 is 1.12 bits per heavy atom. The number of halogens is 4. The number of rotatable bonds is 3. The number of carboxylic acid groups (broad SMARTS) is 1. The van der Waals surface area contributed by atoms with E-state index in [1.165, 1.54) is 0 Å². The molecule has 1 saturated carbocycles. The van der Waals surface area contributed by atoms with Crippen LogP contribution in [-0.4, -0.2) is 23.3 Å². The smallest absolute Gasteiger partial charge is 0.391 e. The van der Waals surface area contributed by atoms with Gasteiger partial charge < -0.3 is 10.4 Å². The van der Waals surface area contributed by atoms with Gasteiger partial charge in [0.05, 0.1) is 11.5 Å². The van der Waals surface area contributed by atoms with Crippen LogP contribution >= 0.6 is 22.6 Å². The van der Waals surface area contributed by atoms with Crippen molar-refractivity contribution in [1.82, 2.24) is 0 Å². The van der Waals surface area contributed by atoms with Crippen molar-refractivity contribution in [3.05, 3.63) is 39.5 Å². The maximum absolute atomic E-state index is 12.8. The molecule has 7 heteroatoms. The maximum atomic E-state index is 12.8. The Hall–Kier alpha value is -1.51. The Morgan fingerprint density at radius 2 is 1.80 bits per heavy atom. The average molecular weight is 463 g/mol. The van der Waals surface area contributed by atoms with E-state index in [0.29, 0.717) is 12.8 Å². The van der Waals surface area contributed by atoms with Crippen molar-refractivity contribution in [3.63, 3.8) is 0 Å². The summed E-state index contributed by atoms with van der Waals surface area (Å²) in [6, 6.07) is 8.69. The molecule has 3 rings (SSSR count). The highest BCUT2D eigenvalue weighted by atomic mass is 127. The van der Waals surface area contributed by atoms with E-state index in [-0.39, 0.29) is 24.4 Å². The topological polar surface area (TPSA) is 49.3 Å². The van der Waals surface area contributed by atoms with Crippen LogP contribution in [0.3, 0.4) is 0 Å². The molecule has 0 bridgehead atoms. The number of hydrogen-bond donors (Lipinski definition) is 2. The third kappa shape index (κ3) is 4.02. The van der Waals surface area contributed by atoms with Crippen LogP contribution in [0.4, 0.5) is 18.9 Å². The second kappa shape index (κ2) is 7.01. The Kier molecular flexibility index (Phi) is 5.13. The van der Waals surface area contributed by atoms with Crippen molar-refractivity contribution < 1.29 is 23.1 Å². The molecule has 25 heavy (non-hydrogen) atoms. The number of fused-ring (bicyclic) bond motifs is 1. The zero-order valence-electron chi connectivity index (χ0n) is 13.2. The summed E-state index contributed by atoms with van der Waals surface area (Å²) in [7, 11) is 0. The molecule has 0 unspecified atom stereocenters. The Balaban J connectivity index is 1.75. The molecule has 0 atom stereocenters. The van der Waals surface area contributed by atoms with Gasteiger partial charge in [-0.3, -0.25) is 0 Å². The molecule has 2 aromatic rings. The summed E-state index contributed by atoms with van der Waals surface area (Å²) in [5.41, 5.74) is 1.11. The van der Waals surface area contributed by atoms with Gasteiger partial charge in [-0.25, -0.2) is 4.79 Å². The van der Waals surface area contributed by atoms with Crippen LogP contribution in [0.15, 0.2) is 30.3 Å². The van der Waals surface area contributed by atoms with Crippen LogP contribution in [0.1, 0.15) is 36.0 Å². The van der Waals surface area contributed by atoms with Crippen molar-refractivity contribution in [2.24, 2.45) is 5.92 Å². The molecule has 2 aromatic carbocycles. The van der Waals surface area contributed by atoms with Crippen LogP contribution in [0.2, 0.25) is 0 Å². The number of anilines is 1. The van der Waals surface area contributed by atoms with E-state index in [1.54, 1.807) is 18.2 Å². The summed E-state index contributed by atoms with van der Waals surface area (Å²) in [5, 5.41) is 14.2. The second-order valence-electron chi connectivity index (χ2n) is 6.40. The first-order valence-corrected chi connectivity index (χ1v) is 9.12. The fourth-order valence-electron chi connectivity index (χ4n) is 3.32. The number of aromatic carboxylic acids is 1. The number of carboxylic acids is 1. The van der Waals surface area contributed by atoms with Gasteiger partial charge in [0.15, 0.2) is 0 Å². The largest absolute Gasteiger partial charge is 0.478 e. The minimum Gasteiger partial charge on any atom is -0.478 e. The summed E-state index contributed by atoms with van der Waals surface area (Å²) >= 11 is 2.19. The van der Waals surface area contributed by atoms with Gasteiger partial charge >= 0.3 is 12.1 Å². The number of nitrogens with one attached hydrogen (secondary N) is 1. The van der Waals surface area contributed by atoms with Crippen molar-refractivity contribution in [2.75, 3.05) is 5.32 Å². The van der Waals surface area contributed by atoms with Crippen LogP contribution in [0.25, 0.3) is 10.8 Å². The Morgan fingerprint density at radius 3 is 2.40 bits per heavy atom. The van der Waals surface area contributed by atoms with E-state index in [0.717, 1.165) is 20.0 Å². The van der Waals surface area contributed by atoms with E-state index in [4.69, 9.17) is 5.11 Å². The summed E-state index contributed by atoms with van der Waals surface area (Å²) < 4.78 is 39.2. The van der Waals surface area contributed by atoms with Crippen LogP contribution in [0.5, 0.6) is 0 Å². The number of carbonyl (C=O) groups is 1. The second-order valence-corrected chi connectivity index (χ2v) is 7.48. The summed E-state index contributed by atoms with van der Waals surface area (Å²) in [4.78, 5) is 11.1. The van der Waals surface area contributed by atoms with Gasteiger partial charge in [-0.15, -0.1) is 0 Å². The minimum absolute atomic E-state index is 0.0304. The van der Waals surface area contributed by atoms with Crippen LogP contribution in [0, 0.1) is 9.49 Å². The fourth-order valence-corrected chi connectivity index (χ4v) is 4.15. The molecule has 0 aromatic heterocycles. The molecule has 0 amide bonds. The van der Waals surface area contributed by atoms with Gasteiger partial charge in [0.25, 0.3) is 0 Å². The summed E-state index contributed by atoms with van der Waals surface area (Å²) in [6.07, 6.45) is -2.78. The highest BCUT2D eigenvalue weighted by Crippen LogP contribution is 2.39. The molecule has 0 aliphatic heterocycles. The summed E-state index contributed by atoms with van der Waals surface area (Å²) in [5.74, 6) is -2.16. The van der Waals surface area contributed by atoms with Gasteiger partial charge in [-0.1, -0.05) is 12.1 Å². The van der Waals surface area contributed by atoms with Crippen LogP contribution in [-0.2, 0) is 0 Å². The predicted molar refractivity (Wildman–Crippen MR) is 99.0 cm³/mol. The molecule has 2 N–H and O–H groups in total. The van der Waals surface area contributed by atoms with E-state index >= 15 is 0 Å². The standard InChI is InChI=1S/C18H17F3INO2/c19-18(20,21)12-3-5-13(6-4-12)23-15-8-2-10-9-11(17(24)25)1-7-14(10)16(15)22/h1-2,7-9,12-13,23H,3-6H2,(H,24,25)/t12-,13+. The first-order chi connectivity index (χ1) is 11.8. The normalized spacial score (nSPS) is 21.3. The van der Waals surface area contributed by atoms with Gasteiger partial charge in [0.2, 0.25) is 0 Å². The van der Waals surface area contributed by atoms with Crippen molar-refractivity contribution >= 4 is 45.0 Å². The third-order valence-electron chi connectivity index (χ3n) is 4.75. The zero-order chi connectivity index (χ0) is 18.2. The third-order valence-corrected chi connectivity index (χ3v) is 5.91. The summed E-state index contributed by atoms with van der Waals surface area (Å²) in [6.45, 7) is 0. The molecule has 1 fully saturated rings. The van der Waals surface area contributed by atoms with Gasteiger partial charge in [-0.05, 0) is 77.2 Å². The lowest BCUT2D eigenvalue weighted by Gasteiger charge is -2.31. The SMILES string of the molecule is O=C(O)c1ccc2c(I)c(N[C@H]3CC[C@@H](C(F)(F)F)CC3)ccc2c1. The molecular weight excluding hydrogens is 446 g/mol. The highest BCUT2D eigenvalue weighted by molar-refractivity contribution is 14.1. The van der Waals surface area contributed by atoms with Crippen molar-refractivity contribution in [3.8, 4) is 0 Å². The lowest BCUT2D eigenvalue weighted by atomic mass is 9.85. The van der Waals surface area contributed by atoms with E-state index in [9.17, 15) is 18.0 Å². The first kappa shape index (κ1) is 18.3. The quantitative estimate of drug-likeness (QED) is 0.577. The molecule has 3 nitrogen and oxygen atoms in total. The highest BCUT2D eigenvalue weighted by Gasteiger charge is 2.41. The molecular formula is C18H17F3INO2. The minimum atomic E-state index is -4.09. The fraction of sp³-hybridized carbons (Fsp3) is 0.389.